The summed E-state index contributed by atoms with van der Waals surface area (Å²) in [6, 6.07) is 7.81. The Labute approximate surface area is 142 Å². The van der Waals surface area contributed by atoms with Crippen molar-refractivity contribution >= 4 is 11.9 Å². The van der Waals surface area contributed by atoms with Gasteiger partial charge in [0.15, 0.2) is 0 Å². The maximum Gasteiger partial charge on any atom is 0.253 e. The van der Waals surface area contributed by atoms with Crippen molar-refractivity contribution in [2.45, 2.75) is 25.7 Å². The van der Waals surface area contributed by atoms with Crippen LogP contribution in [0.1, 0.15) is 34.5 Å². The van der Waals surface area contributed by atoms with Gasteiger partial charge in [-0.3, -0.25) is 4.79 Å². The lowest BCUT2D eigenvalue weighted by Crippen LogP contribution is -2.38. The second-order valence-corrected chi connectivity index (χ2v) is 6.77. The molecule has 1 aliphatic heterocycles. The summed E-state index contributed by atoms with van der Waals surface area (Å²) < 4.78 is 0. The summed E-state index contributed by atoms with van der Waals surface area (Å²) in [7, 11) is 3.54. The number of benzene rings is 1. The fraction of sp³-hybridized carbons (Fsp3) is 0.421. The third kappa shape index (κ3) is 2.54. The molecule has 0 bridgehead atoms. The molecule has 24 heavy (non-hydrogen) atoms. The Hall–Kier alpha value is -2.43. The van der Waals surface area contributed by atoms with Gasteiger partial charge in [0.25, 0.3) is 5.91 Å². The van der Waals surface area contributed by atoms with Crippen molar-refractivity contribution in [2.75, 3.05) is 32.1 Å². The van der Waals surface area contributed by atoms with Crippen molar-refractivity contribution in [3.63, 3.8) is 0 Å². The molecule has 0 unspecified atom stereocenters. The quantitative estimate of drug-likeness (QED) is 0.871. The number of carbonyl (C=O) groups is 1. The number of anilines is 1. The van der Waals surface area contributed by atoms with Gasteiger partial charge >= 0.3 is 0 Å². The first-order valence-electron chi connectivity index (χ1n) is 8.60. The molecule has 1 aliphatic carbocycles. The first-order valence-corrected chi connectivity index (χ1v) is 8.60. The topological polar surface area (TPSA) is 49.3 Å². The predicted molar refractivity (Wildman–Crippen MR) is 94.3 cm³/mol. The van der Waals surface area contributed by atoms with Crippen LogP contribution in [0.4, 0.5) is 5.95 Å². The van der Waals surface area contributed by atoms with Crippen LogP contribution in [-0.4, -0.2) is 48.0 Å². The molecule has 0 atom stereocenters. The SMILES string of the molecule is CN(C)C(=O)c1ccc(-c2nc(N3CCC3)nc3c2CCC3)cc1. The lowest BCUT2D eigenvalue weighted by atomic mass is 10.0. The highest BCUT2D eigenvalue weighted by Gasteiger charge is 2.24. The summed E-state index contributed by atoms with van der Waals surface area (Å²) in [5.74, 6) is 0.890. The average molecular weight is 322 g/mol. The highest BCUT2D eigenvalue weighted by atomic mass is 16.2. The minimum Gasteiger partial charge on any atom is -0.345 e. The van der Waals surface area contributed by atoms with Crippen molar-refractivity contribution in [3.05, 3.63) is 41.1 Å². The van der Waals surface area contributed by atoms with Crippen LogP contribution < -0.4 is 4.90 Å². The van der Waals surface area contributed by atoms with Gasteiger partial charge in [-0.25, -0.2) is 9.97 Å². The molecule has 0 N–H and O–H groups in total. The van der Waals surface area contributed by atoms with Gasteiger partial charge < -0.3 is 9.80 Å². The molecular weight excluding hydrogens is 300 g/mol. The third-order valence-corrected chi connectivity index (χ3v) is 4.87. The second kappa shape index (κ2) is 5.89. The number of hydrogen-bond acceptors (Lipinski definition) is 4. The highest BCUT2D eigenvalue weighted by molar-refractivity contribution is 5.94. The summed E-state index contributed by atoms with van der Waals surface area (Å²) >= 11 is 0. The second-order valence-electron chi connectivity index (χ2n) is 6.77. The molecule has 1 fully saturated rings. The molecule has 0 radical (unpaired) electrons. The molecular formula is C19H22N4O. The van der Waals surface area contributed by atoms with Gasteiger partial charge in [0, 0.05) is 49.6 Å². The number of hydrogen-bond donors (Lipinski definition) is 0. The number of fused-ring (bicyclic) bond motifs is 1. The molecule has 2 aliphatic rings. The largest absolute Gasteiger partial charge is 0.345 e. The molecule has 1 aromatic heterocycles. The lowest BCUT2D eigenvalue weighted by Gasteiger charge is -2.31. The molecule has 1 saturated heterocycles. The van der Waals surface area contributed by atoms with Gasteiger partial charge in [0.2, 0.25) is 5.95 Å². The number of rotatable bonds is 3. The Kier molecular flexibility index (Phi) is 3.71. The van der Waals surface area contributed by atoms with Crippen LogP contribution in [-0.2, 0) is 12.8 Å². The van der Waals surface area contributed by atoms with Gasteiger partial charge in [-0.1, -0.05) is 12.1 Å². The Morgan fingerprint density at radius 1 is 1.04 bits per heavy atom. The molecule has 0 saturated carbocycles. The smallest absolute Gasteiger partial charge is 0.253 e. The number of aryl methyl sites for hydroxylation is 1. The van der Waals surface area contributed by atoms with Crippen LogP contribution in [0, 0.1) is 0 Å². The maximum absolute atomic E-state index is 12.1. The normalized spacial score (nSPS) is 15.8. The molecule has 4 rings (SSSR count). The van der Waals surface area contributed by atoms with Crippen LogP contribution >= 0.6 is 0 Å². The van der Waals surface area contributed by atoms with E-state index in [1.807, 2.05) is 24.3 Å². The summed E-state index contributed by atoms with van der Waals surface area (Å²) in [4.78, 5) is 25.6. The number of aromatic nitrogens is 2. The number of nitrogens with zero attached hydrogens (tertiary/aromatic N) is 4. The minimum atomic E-state index is 0.0238. The molecule has 5 nitrogen and oxygen atoms in total. The minimum absolute atomic E-state index is 0.0238. The van der Waals surface area contributed by atoms with Gasteiger partial charge in [0.1, 0.15) is 0 Å². The van der Waals surface area contributed by atoms with Crippen molar-refractivity contribution < 1.29 is 4.79 Å². The Morgan fingerprint density at radius 3 is 2.42 bits per heavy atom. The van der Waals surface area contributed by atoms with Crippen molar-refractivity contribution in [3.8, 4) is 11.3 Å². The fourth-order valence-corrected chi connectivity index (χ4v) is 3.34. The zero-order valence-corrected chi connectivity index (χ0v) is 14.2. The van der Waals surface area contributed by atoms with Crippen molar-refractivity contribution in [1.82, 2.24) is 14.9 Å². The Bertz CT molecular complexity index is 779. The van der Waals surface area contributed by atoms with E-state index in [2.05, 4.69) is 4.90 Å². The zero-order chi connectivity index (χ0) is 16.7. The summed E-state index contributed by atoms with van der Waals surface area (Å²) in [5, 5.41) is 0. The van der Waals surface area contributed by atoms with Crippen LogP contribution in [0.3, 0.4) is 0 Å². The number of carbonyl (C=O) groups excluding carboxylic acids is 1. The fourth-order valence-electron chi connectivity index (χ4n) is 3.34. The predicted octanol–water partition coefficient (Wildman–Crippen LogP) is 2.54. The molecule has 1 amide bonds. The zero-order valence-electron chi connectivity index (χ0n) is 14.2. The Morgan fingerprint density at radius 2 is 1.79 bits per heavy atom. The molecule has 1 aromatic carbocycles. The Balaban J connectivity index is 1.73. The van der Waals surface area contributed by atoms with E-state index >= 15 is 0 Å². The van der Waals surface area contributed by atoms with Gasteiger partial charge in [-0.05, 0) is 37.8 Å². The van der Waals surface area contributed by atoms with Gasteiger partial charge in [0.05, 0.1) is 5.69 Å². The standard InChI is InChI=1S/C19H22N4O/c1-22(2)18(24)14-9-7-13(8-10-14)17-15-5-3-6-16(15)20-19(21-17)23-11-4-12-23/h7-10H,3-6,11-12H2,1-2H3. The van der Waals surface area contributed by atoms with Gasteiger partial charge in [-0.15, -0.1) is 0 Å². The first-order chi connectivity index (χ1) is 11.6. The van der Waals surface area contributed by atoms with Crippen LogP contribution in [0.15, 0.2) is 24.3 Å². The van der Waals surface area contributed by atoms with E-state index in [4.69, 9.17) is 9.97 Å². The number of amides is 1. The van der Waals surface area contributed by atoms with E-state index in [9.17, 15) is 4.79 Å². The van der Waals surface area contributed by atoms with E-state index in [1.165, 1.54) is 17.7 Å². The molecule has 2 heterocycles. The van der Waals surface area contributed by atoms with E-state index < -0.39 is 0 Å². The lowest BCUT2D eigenvalue weighted by molar-refractivity contribution is 0.0827. The van der Waals surface area contributed by atoms with E-state index in [-0.39, 0.29) is 5.91 Å². The highest BCUT2D eigenvalue weighted by Crippen LogP contribution is 2.32. The van der Waals surface area contributed by atoms with Crippen LogP contribution in [0.5, 0.6) is 0 Å². The monoisotopic (exact) mass is 322 g/mol. The van der Waals surface area contributed by atoms with Gasteiger partial charge in [-0.2, -0.15) is 0 Å². The summed E-state index contributed by atoms with van der Waals surface area (Å²) in [6.07, 6.45) is 4.46. The van der Waals surface area contributed by atoms with Crippen molar-refractivity contribution in [2.24, 2.45) is 0 Å². The average Bonchev–Trinajstić information content (AvgIpc) is 3.00. The van der Waals surface area contributed by atoms with E-state index in [1.54, 1.807) is 19.0 Å². The summed E-state index contributed by atoms with van der Waals surface area (Å²) in [5.41, 5.74) is 5.31. The van der Waals surface area contributed by atoms with E-state index in [0.717, 1.165) is 49.6 Å². The van der Waals surface area contributed by atoms with Crippen molar-refractivity contribution in [1.29, 1.82) is 0 Å². The van der Waals surface area contributed by atoms with E-state index in [0.29, 0.717) is 5.56 Å². The van der Waals surface area contributed by atoms with Crippen LogP contribution in [0.2, 0.25) is 0 Å². The summed E-state index contributed by atoms with van der Waals surface area (Å²) in [6.45, 7) is 2.10. The molecule has 124 valence electrons. The molecule has 0 spiro atoms. The molecule has 5 heteroatoms. The molecule has 2 aromatic rings. The first kappa shape index (κ1) is 15.1. The maximum atomic E-state index is 12.1. The van der Waals surface area contributed by atoms with Crippen LogP contribution in [0.25, 0.3) is 11.3 Å². The third-order valence-electron chi connectivity index (χ3n) is 4.87.